The summed E-state index contributed by atoms with van der Waals surface area (Å²) < 4.78 is 0. The van der Waals surface area contributed by atoms with Gasteiger partial charge in [0, 0.05) is 12.6 Å². The highest BCUT2D eigenvalue weighted by atomic mass is 16.4. The molecule has 0 unspecified atom stereocenters. The first-order valence-electron chi connectivity index (χ1n) is 6.67. The van der Waals surface area contributed by atoms with Crippen molar-refractivity contribution in [2.75, 3.05) is 6.54 Å². The Labute approximate surface area is 102 Å². The maximum Gasteiger partial charge on any atom is 0.306 e. The van der Waals surface area contributed by atoms with Gasteiger partial charge in [-0.2, -0.15) is 0 Å². The van der Waals surface area contributed by atoms with Gasteiger partial charge in [0.25, 0.3) is 0 Å². The Morgan fingerprint density at radius 2 is 1.94 bits per heavy atom. The molecule has 0 aromatic carbocycles. The van der Waals surface area contributed by atoms with Crippen molar-refractivity contribution >= 4 is 5.97 Å². The maximum atomic E-state index is 10.8. The number of hydrogen-bond donors (Lipinski definition) is 3. The Morgan fingerprint density at radius 3 is 2.41 bits per heavy atom. The fourth-order valence-electron chi connectivity index (χ4n) is 2.98. The molecule has 4 nitrogen and oxygen atoms in total. The Morgan fingerprint density at radius 1 is 1.35 bits per heavy atom. The zero-order valence-electron chi connectivity index (χ0n) is 10.5. The van der Waals surface area contributed by atoms with Crippen LogP contribution in [0.15, 0.2) is 0 Å². The van der Waals surface area contributed by atoms with Crippen LogP contribution < -0.4 is 5.32 Å². The van der Waals surface area contributed by atoms with Gasteiger partial charge in [0.05, 0.1) is 11.5 Å². The summed E-state index contributed by atoms with van der Waals surface area (Å²) in [7, 11) is 0. The van der Waals surface area contributed by atoms with Crippen molar-refractivity contribution in [1.29, 1.82) is 0 Å². The van der Waals surface area contributed by atoms with Crippen LogP contribution in [0.4, 0.5) is 0 Å². The van der Waals surface area contributed by atoms with E-state index in [1.807, 2.05) is 0 Å². The largest absolute Gasteiger partial charge is 0.481 e. The summed E-state index contributed by atoms with van der Waals surface area (Å²) in [6.07, 6.45) is 4.84. The fraction of sp³-hybridized carbons (Fsp3) is 0.923. The second-order valence-corrected chi connectivity index (χ2v) is 5.99. The first kappa shape index (κ1) is 12.8. The number of carboxylic acid groups (broad SMARTS) is 1. The molecule has 0 aromatic heterocycles. The van der Waals surface area contributed by atoms with Gasteiger partial charge in [0.1, 0.15) is 0 Å². The molecule has 98 valence electrons. The summed E-state index contributed by atoms with van der Waals surface area (Å²) in [6, 6.07) is 0.561. The number of aliphatic hydroxyl groups is 1. The van der Waals surface area contributed by atoms with Crippen LogP contribution in [0.1, 0.15) is 45.4 Å². The van der Waals surface area contributed by atoms with Crippen molar-refractivity contribution in [2.45, 2.75) is 57.1 Å². The normalized spacial score (nSPS) is 41.9. The average Bonchev–Trinajstić information content (AvgIpc) is 2.23. The monoisotopic (exact) mass is 241 g/mol. The summed E-state index contributed by atoms with van der Waals surface area (Å²) in [5, 5.41) is 22.7. The average molecular weight is 241 g/mol. The van der Waals surface area contributed by atoms with Crippen molar-refractivity contribution in [2.24, 2.45) is 11.8 Å². The standard InChI is InChI=1S/C13H23NO3/c1-9-6-11(7-9)14-8-13(17)4-2-10(3-5-13)12(15)16/h9-11,14,17H,2-8H2,1H3,(H,15,16). The lowest BCUT2D eigenvalue weighted by atomic mass is 9.77. The highest BCUT2D eigenvalue weighted by molar-refractivity contribution is 5.70. The molecule has 3 N–H and O–H groups in total. The van der Waals surface area contributed by atoms with E-state index in [0.29, 0.717) is 38.3 Å². The SMILES string of the molecule is CC1CC(NCC2(O)CCC(C(=O)O)CC2)C1. The second-order valence-electron chi connectivity index (χ2n) is 5.99. The Kier molecular flexibility index (Phi) is 3.73. The van der Waals surface area contributed by atoms with Crippen LogP contribution in [0.3, 0.4) is 0 Å². The number of nitrogens with one attached hydrogen (secondary N) is 1. The molecule has 2 aliphatic rings. The minimum atomic E-state index is -0.715. The minimum Gasteiger partial charge on any atom is -0.481 e. The third-order valence-corrected chi connectivity index (χ3v) is 4.36. The van der Waals surface area contributed by atoms with Crippen LogP contribution in [0.25, 0.3) is 0 Å². The van der Waals surface area contributed by atoms with Crippen LogP contribution in [0.5, 0.6) is 0 Å². The smallest absolute Gasteiger partial charge is 0.306 e. The zero-order chi connectivity index (χ0) is 12.5. The molecule has 0 aliphatic heterocycles. The lowest BCUT2D eigenvalue weighted by Gasteiger charge is -2.39. The zero-order valence-corrected chi connectivity index (χ0v) is 10.5. The highest BCUT2D eigenvalue weighted by Crippen LogP contribution is 2.33. The third kappa shape index (κ3) is 3.19. The molecular weight excluding hydrogens is 218 g/mol. The quantitative estimate of drug-likeness (QED) is 0.695. The van der Waals surface area contributed by atoms with Crippen LogP contribution in [-0.2, 0) is 4.79 Å². The molecule has 2 aliphatic carbocycles. The van der Waals surface area contributed by atoms with Gasteiger partial charge < -0.3 is 15.5 Å². The van der Waals surface area contributed by atoms with Gasteiger partial charge in [0.2, 0.25) is 0 Å². The molecule has 0 bridgehead atoms. The Hall–Kier alpha value is -0.610. The molecule has 0 saturated heterocycles. The molecule has 0 spiro atoms. The van der Waals surface area contributed by atoms with Gasteiger partial charge in [0.15, 0.2) is 0 Å². The number of aliphatic carboxylic acids is 1. The van der Waals surface area contributed by atoms with Gasteiger partial charge in [-0.25, -0.2) is 0 Å². The maximum absolute atomic E-state index is 10.8. The van der Waals surface area contributed by atoms with E-state index in [0.717, 1.165) is 5.92 Å². The van der Waals surface area contributed by atoms with Crippen LogP contribution in [-0.4, -0.2) is 34.4 Å². The van der Waals surface area contributed by atoms with E-state index in [2.05, 4.69) is 12.2 Å². The van der Waals surface area contributed by atoms with E-state index in [-0.39, 0.29) is 5.92 Å². The molecule has 0 aromatic rings. The Bertz CT molecular complexity index is 278. The first-order chi connectivity index (χ1) is 7.98. The van der Waals surface area contributed by atoms with Crippen molar-refractivity contribution in [3.8, 4) is 0 Å². The molecule has 2 fully saturated rings. The van der Waals surface area contributed by atoms with Crippen LogP contribution >= 0.6 is 0 Å². The number of hydrogen-bond acceptors (Lipinski definition) is 3. The van der Waals surface area contributed by atoms with E-state index in [4.69, 9.17) is 5.11 Å². The van der Waals surface area contributed by atoms with Crippen molar-refractivity contribution < 1.29 is 15.0 Å². The van der Waals surface area contributed by atoms with E-state index in [1.54, 1.807) is 0 Å². The van der Waals surface area contributed by atoms with Gasteiger partial charge in [-0.15, -0.1) is 0 Å². The third-order valence-electron chi connectivity index (χ3n) is 4.36. The molecule has 0 atom stereocenters. The molecule has 4 heteroatoms. The summed E-state index contributed by atoms with van der Waals surface area (Å²) in [6.45, 7) is 2.86. The molecule has 2 saturated carbocycles. The molecule has 17 heavy (non-hydrogen) atoms. The first-order valence-corrected chi connectivity index (χ1v) is 6.67. The summed E-state index contributed by atoms with van der Waals surface area (Å²) in [5.41, 5.74) is -0.676. The number of carboxylic acids is 1. The molecular formula is C13H23NO3. The lowest BCUT2D eigenvalue weighted by Crippen LogP contribution is -2.50. The van der Waals surface area contributed by atoms with Crippen LogP contribution in [0.2, 0.25) is 0 Å². The summed E-state index contributed by atoms with van der Waals surface area (Å²) in [4.78, 5) is 10.8. The van der Waals surface area contributed by atoms with E-state index < -0.39 is 11.6 Å². The van der Waals surface area contributed by atoms with Crippen molar-refractivity contribution in [3.05, 3.63) is 0 Å². The Balaban J connectivity index is 1.71. The molecule has 0 amide bonds. The molecule has 0 heterocycles. The summed E-state index contributed by atoms with van der Waals surface area (Å²) in [5.74, 6) is -0.156. The predicted octanol–water partition coefficient (Wildman–Crippen LogP) is 1.38. The number of carbonyl (C=O) groups is 1. The van der Waals surface area contributed by atoms with E-state index in [1.165, 1.54) is 12.8 Å². The van der Waals surface area contributed by atoms with E-state index >= 15 is 0 Å². The minimum absolute atomic E-state index is 0.251. The highest BCUT2D eigenvalue weighted by Gasteiger charge is 2.36. The van der Waals surface area contributed by atoms with Crippen LogP contribution in [0, 0.1) is 11.8 Å². The van der Waals surface area contributed by atoms with E-state index in [9.17, 15) is 9.90 Å². The lowest BCUT2D eigenvalue weighted by molar-refractivity contribution is -0.144. The van der Waals surface area contributed by atoms with Gasteiger partial charge >= 0.3 is 5.97 Å². The topological polar surface area (TPSA) is 69.6 Å². The van der Waals surface area contributed by atoms with Gasteiger partial charge in [-0.1, -0.05) is 6.92 Å². The molecule has 0 radical (unpaired) electrons. The molecule has 2 rings (SSSR count). The number of rotatable bonds is 4. The second kappa shape index (κ2) is 4.94. The fourth-order valence-corrected chi connectivity index (χ4v) is 2.98. The van der Waals surface area contributed by atoms with Gasteiger partial charge in [-0.05, 0) is 44.4 Å². The summed E-state index contributed by atoms with van der Waals surface area (Å²) >= 11 is 0. The van der Waals surface area contributed by atoms with Crippen molar-refractivity contribution in [3.63, 3.8) is 0 Å². The van der Waals surface area contributed by atoms with Gasteiger partial charge in [-0.3, -0.25) is 4.79 Å². The predicted molar refractivity (Wildman–Crippen MR) is 64.7 cm³/mol. The van der Waals surface area contributed by atoms with Crippen molar-refractivity contribution in [1.82, 2.24) is 5.32 Å².